The van der Waals surface area contributed by atoms with Gasteiger partial charge in [-0.1, -0.05) is 36.1 Å². The van der Waals surface area contributed by atoms with Gasteiger partial charge in [-0.05, 0) is 40.5 Å². The van der Waals surface area contributed by atoms with Crippen molar-refractivity contribution in [2.75, 3.05) is 55.2 Å². The van der Waals surface area contributed by atoms with Gasteiger partial charge < -0.3 is 14.8 Å². The highest BCUT2D eigenvalue weighted by Gasteiger charge is 1.84. The van der Waals surface area contributed by atoms with E-state index in [1.807, 2.05) is 33.0 Å². The van der Waals surface area contributed by atoms with Crippen LogP contribution in [0.2, 0.25) is 0 Å². The molecule has 0 aliphatic carbocycles. The molecular weight excluding hydrogens is 240 g/mol. The summed E-state index contributed by atoms with van der Waals surface area (Å²) in [5, 5.41) is 3.07. The van der Waals surface area contributed by atoms with Crippen LogP contribution in [0.25, 0.3) is 0 Å². The topological polar surface area (TPSA) is 33.7 Å². The van der Waals surface area contributed by atoms with Crippen molar-refractivity contribution in [1.29, 1.82) is 0 Å². The number of nitrogens with zero attached hydrogens (tertiary/aromatic N) is 1. The molecule has 4 heteroatoms. The molecule has 0 aliphatic heterocycles. The molecule has 0 amide bonds. The van der Waals surface area contributed by atoms with Gasteiger partial charge in [0.1, 0.15) is 0 Å². The molecule has 0 heterocycles. The Bertz CT molecular complexity index is 88.1. The Morgan fingerprint density at radius 3 is 1.37 bits per heavy atom. The SMILES string of the molecule is C.C.C.CCOC.CNCC(C)C.COCN(C)C. The molecule has 0 aromatic carbocycles. The van der Waals surface area contributed by atoms with E-state index >= 15 is 0 Å². The van der Waals surface area contributed by atoms with Gasteiger partial charge in [-0.15, -0.1) is 0 Å². The number of hydrogen-bond acceptors (Lipinski definition) is 4. The van der Waals surface area contributed by atoms with Gasteiger partial charge in [0, 0.05) is 20.8 Å². The molecule has 126 valence electrons. The van der Waals surface area contributed by atoms with Crippen LogP contribution in [0.4, 0.5) is 0 Å². The average molecular weight is 285 g/mol. The summed E-state index contributed by atoms with van der Waals surface area (Å²) < 4.78 is 9.27. The molecule has 0 radical (unpaired) electrons. The van der Waals surface area contributed by atoms with Crippen LogP contribution in [-0.2, 0) is 9.47 Å². The fourth-order valence-electron chi connectivity index (χ4n) is 0.666. The minimum Gasteiger partial charge on any atom is -0.385 e. The van der Waals surface area contributed by atoms with Crippen LogP contribution < -0.4 is 5.32 Å². The summed E-state index contributed by atoms with van der Waals surface area (Å²) in [5.41, 5.74) is 0. The van der Waals surface area contributed by atoms with Gasteiger partial charge in [-0.25, -0.2) is 0 Å². The first-order valence-corrected chi connectivity index (χ1v) is 5.73. The second kappa shape index (κ2) is 36.1. The minimum atomic E-state index is 0. The quantitative estimate of drug-likeness (QED) is 0.783. The summed E-state index contributed by atoms with van der Waals surface area (Å²) in [7, 11) is 9.26. The molecule has 0 rings (SSSR count). The first kappa shape index (κ1) is 36.4. The van der Waals surface area contributed by atoms with E-state index in [0.717, 1.165) is 19.1 Å². The van der Waals surface area contributed by atoms with Crippen molar-refractivity contribution in [2.24, 2.45) is 5.92 Å². The zero-order chi connectivity index (χ0) is 13.4. The number of nitrogens with one attached hydrogen (secondary N) is 1. The highest BCUT2D eigenvalue weighted by Crippen LogP contribution is 1.83. The molecule has 19 heavy (non-hydrogen) atoms. The van der Waals surface area contributed by atoms with Crippen molar-refractivity contribution in [1.82, 2.24) is 10.2 Å². The summed E-state index contributed by atoms with van der Waals surface area (Å²) in [6, 6.07) is 0. The Morgan fingerprint density at radius 1 is 1.00 bits per heavy atom. The Kier molecular flexibility index (Phi) is 69.1. The van der Waals surface area contributed by atoms with E-state index in [-0.39, 0.29) is 22.3 Å². The van der Waals surface area contributed by atoms with Crippen molar-refractivity contribution in [3.8, 4) is 0 Å². The monoisotopic (exact) mass is 284 g/mol. The van der Waals surface area contributed by atoms with Crippen LogP contribution in [-0.4, -0.2) is 60.1 Å². The Balaban J connectivity index is -0.0000000315. The number of methoxy groups -OCH3 is 2. The molecular formula is C15H44N2O2. The molecule has 0 spiro atoms. The van der Waals surface area contributed by atoms with Gasteiger partial charge in [0.15, 0.2) is 0 Å². The highest BCUT2D eigenvalue weighted by molar-refractivity contribution is 4.42. The largest absolute Gasteiger partial charge is 0.385 e. The number of ether oxygens (including phenoxy) is 2. The Hall–Kier alpha value is -0.160. The summed E-state index contributed by atoms with van der Waals surface area (Å²) >= 11 is 0. The molecule has 1 N–H and O–H groups in total. The lowest BCUT2D eigenvalue weighted by Crippen LogP contribution is -2.13. The summed E-state index contributed by atoms with van der Waals surface area (Å²) in [5.74, 6) is 0.787. The summed E-state index contributed by atoms with van der Waals surface area (Å²) in [6.07, 6.45) is 0. The van der Waals surface area contributed by atoms with E-state index in [1.54, 1.807) is 14.2 Å². The predicted octanol–water partition coefficient (Wildman–Crippen LogP) is 3.57. The smallest absolute Gasteiger partial charge is 0.0981 e. The van der Waals surface area contributed by atoms with Crippen LogP contribution >= 0.6 is 0 Å². The minimum absolute atomic E-state index is 0. The van der Waals surface area contributed by atoms with Crippen molar-refractivity contribution >= 4 is 0 Å². The molecule has 0 aromatic heterocycles. The van der Waals surface area contributed by atoms with Gasteiger partial charge in [0.25, 0.3) is 0 Å². The maximum Gasteiger partial charge on any atom is 0.0981 e. The van der Waals surface area contributed by atoms with Crippen molar-refractivity contribution in [3.63, 3.8) is 0 Å². The lowest BCUT2D eigenvalue weighted by Gasteiger charge is -2.04. The summed E-state index contributed by atoms with van der Waals surface area (Å²) in [6.45, 7) is 8.99. The molecule has 0 fully saturated rings. The standard InChI is InChI=1S/C5H13N.C4H11NO.C3H8O.3CH4/c2*1-5(2)4-6-3;1-3-4-2;;;/h5-6H,4H2,1-3H3;4H2,1-3H3;3H2,1-2H3;3*1H4. The zero-order valence-electron chi connectivity index (χ0n) is 12.5. The normalized spacial score (nSPS) is 7.89. The van der Waals surface area contributed by atoms with Crippen LogP contribution in [0.5, 0.6) is 0 Å². The van der Waals surface area contributed by atoms with Crippen LogP contribution in [0.3, 0.4) is 0 Å². The Morgan fingerprint density at radius 2 is 1.37 bits per heavy atom. The first-order valence-electron chi connectivity index (χ1n) is 5.73. The van der Waals surface area contributed by atoms with Crippen molar-refractivity contribution in [3.05, 3.63) is 0 Å². The van der Waals surface area contributed by atoms with E-state index < -0.39 is 0 Å². The fraction of sp³-hybridized carbons (Fsp3) is 1.00. The second-order valence-electron chi connectivity index (χ2n) is 4.03. The van der Waals surface area contributed by atoms with Gasteiger partial charge in [0.05, 0.1) is 6.73 Å². The average Bonchev–Trinajstić information content (AvgIpc) is 2.18. The fourth-order valence-corrected chi connectivity index (χ4v) is 0.666. The first-order chi connectivity index (χ1) is 7.45. The van der Waals surface area contributed by atoms with E-state index in [2.05, 4.69) is 23.9 Å². The van der Waals surface area contributed by atoms with Gasteiger partial charge in [-0.2, -0.15) is 0 Å². The lowest BCUT2D eigenvalue weighted by molar-refractivity contribution is 0.0994. The molecule has 0 saturated heterocycles. The zero-order valence-corrected chi connectivity index (χ0v) is 12.5. The van der Waals surface area contributed by atoms with Gasteiger partial charge in [0.2, 0.25) is 0 Å². The maximum atomic E-state index is 4.73. The molecule has 0 bridgehead atoms. The maximum absolute atomic E-state index is 4.73. The highest BCUT2D eigenvalue weighted by atomic mass is 16.5. The third kappa shape index (κ3) is 95.7. The van der Waals surface area contributed by atoms with Crippen molar-refractivity contribution in [2.45, 2.75) is 43.1 Å². The van der Waals surface area contributed by atoms with Crippen molar-refractivity contribution < 1.29 is 9.47 Å². The summed E-state index contributed by atoms with van der Waals surface area (Å²) in [4.78, 5) is 1.96. The van der Waals surface area contributed by atoms with E-state index in [0.29, 0.717) is 6.73 Å². The third-order valence-electron chi connectivity index (χ3n) is 1.29. The third-order valence-corrected chi connectivity index (χ3v) is 1.29. The molecule has 0 saturated carbocycles. The molecule has 0 aromatic rings. The molecule has 4 nitrogen and oxygen atoms in total. The predicted molar refractivity (Wildman–Crippen MR) is 92.1 cm³/mol. The van der Waals surface area contributed by atoms with E-state index in [9.17, 15) is 0 Å². The van der Waals surface area contributed by atoms with Gasteiger partial charge >= 0.3 is 0 Å². The molecule has 0 aliphatic rings. The second-order valence-corrected chi connectivity index (χ2v) is 4.03. The van der Waals surface area contributed by atoms with Crippen LogP contribution in [0, 0.1) is 5.92 Å². The number of rotatable bonds is 5. The van der Waals surface area contributed by atoms with Gasteiger partial charge in [-0.3, -0.25) is 4.90 Å². The van der Waals surface area contributed by atoms with Crippen LogP contribution in [0.15, 0.2) is 0 Å². The Labute approximate surface area is 124 Å². The van der Waals surface area contributed by atoms with Crippen LogP contribution in [0.1, 0.15) is 43.1 Å². The lowest BCUT2D eigenvalue weighted by atomic mass is 10.2. The number of hydrogen-bond donors (Lipinski definition) is 1. The van der Waals surface area contributed by atoms with E-state index in [4.69, 9.17) is 4.74 Å². The molecule has 0 atom stereocenters. The van der Waals surface area contributed by atoms with E-state index in [1.165, 1.54) is 0 Å². The molecule has 0 unspecified atom stereocenters.